The quantitative estimate of drug-likeness (QED) is 0.813. The highest BCUT2D eigenvalue weighted by Gasteiger charge is 2.18. The standard InChI is InChI=1S/C11H14O2S/c1-8-10(4-6-14-8)11(12)9-3-2-5-13-7-9/h4,6-7,11-12H,2-3,5H2,1H3. The molecule has 76 valence electrons. The first-order chi connectivity index (χ1) is 6.79. The van der Waals surface area contributed by atoms with Crippen molar-refractivity contribution in [1.82, 2.24) is 0 Å². The zero-order chi connectivity index (χ0) is 9.97. The molecule has 1 N–H and O–H groups in total. The lowest BCUT2D eigenvalue weighted by Gasteiger charge is -2.18. The molecule has 0 bridgehead atoms. The van der Waals surface area contributed by atoms with Crippen LogP contribution < -0.4 is 0 Å². The van der Waals surface area contributed by atoms with Gasteiger partial charge in [-0.15, -0.1) is 11.3 Å². The Morgan fingerprint density at radius 3 is 3.00 bits per heavy atom. The highest BCUT2D eigenvalue weighted by atomic mass is 32.1. The van der Waals surface area contributed by atoms with Gasteiger partial charge in [0.05, 0.1) is 12.9 Å². The smallest absolute Gasteiger partial charge is 0.104 e. The lowest BCUT2D eigenvalue weighted by Crippen LogP contribution is -2.07. The van der Waals surface area contributed by atoms with Gasteiger partial charge in [-0.1, -0.05) is 0 Å². The molecule has 0 radical (unpaired) electrons. The molecule has 0 spiro atoms. The summed E-state index contributed by atoms with van der Waals surface area (Å²) >= 11 is 1.67. The van der Waals surface area contributed by atoms with E-state index in [0.717, 1.165) is 30.6 Å². The molecule has 0 fully saturated rings. The van der Waals surface area contributed by atoms with Crippen molar-refractivity contribution in [2.24, 2.45) is 0 Å². The minimum Gasteiger partial charge on any atom is -0.501 e. The second-order valence-corrected chi connectivity index (χ2v) is 4.62. The molecule has 14 heavy (non-hydrogen) atoms. The summed E-state index contributed by atoms with van der Waals surface area (Å²) < 4.78 is 5.22. The predicted octanol–water partition coefficient (Wildman–Crippen LogP) is 2.78. The van der Waals surface area contributed by atoms with Gasteiger partial charge in [0.15, 0.2) is 0 Å². The summed E-state index contributed by atoms with van der Waals surface area (Å²) in [5.41, 5.74) is 2.02. The van der Waals surface area contributed by atoms with Crippen molar-refractivity contribution in [3.8, 4) is 0 Å². The number of hydrogen-bond donors (Lipinski definition) is 1. The van der Waals surface area contributed by atoms with Crippen molar-refractivity contribution >= 4 is 11.3 Å². The second-order valence-electron chi connectivity index (χ2n) is 3.50. The number of ether oxygens (including phenoxy) is 1. The molecule has 0 aromatic carbocycles. The Hall–Kier alpha value is -0.800. The van der Waals surface area contributed by atoms with Crippen LogP contribution in [0.4, 0.5) is 0 Å². The number of aliphatic hydroxyl groups is 1. The van der Waals surface area contributed by atoms with Crippen LogP contribution in [0.15, 0.2) is 23.3 Å². The topological polar surface area (TPSA) is 29.5 Å². The Balaban J connectivity index is 2.19. The van der Waals surface area contributed by atoms with E-state index in [4.69, 9.17) is 4.74 Å². The summed E-state index contributed by atoms with van der Waals surface area (Å²) in [6.07, 6.45) is 3.19. The van der Waals surface area contributed by atoms with Crippen molar-refractivity contribution in [3.05, 3.63) is 33.7 Å². The Labute approximate surface area is 87.8 Å². The van der Waals surface area contributed by atoms with Gasteiger partial charge in [-0.3, -0.25) is 0 Å². The summed E-state index contributed by atoms with van der Waals surface area (Å²) in [6, 6.07) is 1.99. The average molecular weight is 210 g/mol. The van der Waals surface area contributed by atoms with Gasteiger partial charge in [0, 0.05) is 4.88 Å². The number of aliphatic hydroxyl groups excluding tert-OH is 1. The maximum atomic E-state index is 10.1. The fourth-order valence-corrected chi connectivity index (χ4v) is 2.40. The Morgan fingerprint density at radius 1 is 1.57 bits per heavy atom. The van der Waals surface area contributed by atoms with Crippen molar-refractivity contribution in [1.29, 1.82) is 0 Å². The van der Waals surface area contributed by atoms with Gasteiger partial charge in [-0.05, 0) is 42.3 Å². The Morgan fingerprint density at radius 2 is 2.43 bits per heavy atom. The molecule has 2 rings (SSSR count). The summed E-state index contributed by atoms with van der Waals surface area (Å²) in [4.78, 5) is 1.18. The SMILES string of the molecule is Cc1sccc1C(O)C1=COCCC1. The van der Waals surface area contributed by atoms with Crippen LogP contribution in [0.3, 0.4) is 0 Å². The molecule has 0 saturated heterocycles. The van der Waals surface area contributed by atoms with Crippen LogP contribution in [0.5, 0.6) is 0 Å². The van der Waals surface area contributed by atoms with Gasteiger partial charge in [0.2, 0.25) is 0 Å². The molecule has 1 aliphatic heterocycles. The number of hydrogen-bond acceptors (Lipinski definition) is 3. The maximum absolute atomic E-state index is 10.1. The molecule has 1 aromatic rings. The first-order valence-electron chi connectivity index (χ1n) is 4.81. The van der Waals surface area contributed by atoms with Gasteiger partial charge in [0.1, 0.15) is 6.10 Å². The zero-order valence-corrected chi connectivity index (χ0v) is 9.01. The van der Waals surface area contributed by atoms with Crippen LogP contribution in [0.25, 0.3) is 0 Å². The average Bonchev–Trinajstić information content (AvgIpc) is 2.65. The van der Waals surface area contributed by atoms with Gasteiger partial charge >= 0.3 is 0 Å². The highest BCUT2D eigenvalue weighted by molar-refractivity contribution is 7.10. The Bertz CT molecular complexity index is 341. The van der Waals surface area contributed by atoms with Crippen LogP contribution in [-0.2, 0) is 4.74 Å². The molecule has 0 aliphatic carbocycles. The maximum Gasteiger partial charge on any atom is 0.104 e. The van der Waals surface area contributed by atoms with Crippen LogP contribution in [0.2, 0.25) is 0 Å². The van der Waals surface area contributed by atoms with E-state index in [-0.39, 0.29) is 0 Å². The fraction of sp³-hybridized carbons (Fsp3) is 0.455. The van der Waals surface area contributed by atoms with E-state index in [0.29, 0.717) is 0 Å². The summed E-state index contributed by atoms with van der Waals surface area (Å²) in [5.74, 6) is 0. The van der Waals surface area contributed by atoms with Gasteiger partial charge < -0.3 is 9.84 Å². The monoisotopic (exact) mass is 210 g/mol. The molecule has 0 saturated carbocycles. The lowest BCUT2D eigenvalue weighted by molar-refractivity contribution is 0.170. The van der Waals surface area contributed by atoms with Gasteiger partial charge in [-0.2, -0.15) is 0 Å². The second kappa shape index (κ2) is 4.15. The molecular weight excluding hydrogens is 196 g/mol. The Kier molecular flexibility index (Phi) is 2.89. The summed E-state index contributed by atoms with van der Waals surface area (Å²) in [7, 11) is 0. The summed E-state index contributed by atoms with van der Waals surface area (Å²) in [5, 5.41) is 12.1. The molecule has 0 amide bonds. The van der Waals surface area contributed by atoms with Crippen LogP contribution in [-0.4, -0.2) is 11.7 Å². The van der Waals surface area contributed by atoms with E-state index in [1.807, 2.05) is 18.4 Å². The third kappa shape index (κ3) is 1.83. The molecule has 2 heterocycles. The lowest BCUT2D eigenvalue weighted by atomic mass is 9.99. The largest absolute Gasteiger partial charge is 0.501 e. The normalized spacial score (nSPS) is 18.6. The van der Waals surface area contributed by atoms with E-state index in [1.54, 1.807) is 17.6 Å². The van der Waals surface area contributed by atoms with Crippen molar-refractivity contribution in [2.75, 3.05) is 6.61 Å². The molecular formula is C11H14O2S. The highest BCUT2D eigenvalue weighted by Crippen LogP contribution is 2.31. The minimum atomic E-state index is -0.471. The first-order valence-corrected chi connectivity index (χ1v) is 5.69. The number of rotatable bonds is 2. The third-order valence-corrected chi connectivity index (χ3v) is 3.37. The van der Waals surface area contributed by atoms with Gasteiger partial charge in [-0.25, -0.2) is 0 Å². The van der Waals surface area contributed by atoms with E-state index in [1.165, 1.54) is 4.88 Å². The number of aryl methyl sites for hydroxylation is 1. The molecule has 1 unspecified atom stereocenters. The van der Waals surface area contributed by atoms with Crippen LogP contribution in [0.1, 0.15) is 29.4 Å². The predicted molar refractivity (Wildman–Crippen MR) is 57.3 cm³/mol. The minimum absolute atomic E-state index is 0.471. The van der Waals surface area contributed by atoms with Gasteiger partial charge in [0.25, 0.3) is 0 Å². The molecule has 1 atom stereocenters. The van der Waals surface area contributed by atoms with Crippen molar-refractivity contribution in [2.45, 2.75) is 25.9 Å². The van der Waals surface area contributed by atoms with E-state index in [2.05, 4.69) is 0 Å². The van der Waals surface area contributed by atoms with E-state index in [9.17, 15) is 5.11 Å². The summed E-state index contributed by atoms with van der Waals surface area (Å²) in [6.45, 7) is 2.81. The molecule has 2 nitrogen and oxygen atoms in total. The fourth-order valence-electron chi connectivity index (χ4n) is 1.66. The van der Waals surface area contributed by atoms with E-state index >= 15 is 0 Å². The zero-order valence-electron chi connectivity index (χ0n) is 8.19. The molecule has 1 aliphatic rings. The third-order valence-electron chi connectivity index (χ3n) is 2.51. The van der Waals surface area contributed by atoms with Crippen molar-refractivity contribution in [3.63, 3.8) is 0 Å². The first kappa shape index (κ1) is 9.74. The van der Waals surface area contributed by atoms with E-state index < -0.39 is 6.10 Å². The number of thiophene rings is 1. The van der Waals surface area contributed by atoms with Crippen LogP contribution in [0, 0.1) is 6.92 Å². The molecule has 3 heteroatoms. The van der Waals surface area contributed by atoms with Crippen molar-refractivity contribution < 1.29 is 9.84 Å². The van der Waals surface area contributed by atoms with Crippen LogP contribution >= 0.6 is 11.3 Å². The molecule has 1 aromatic heterocycles.